The number of thiazole rings is 1. The van der Waals surface area contributed by atoms with E-state index >= 15 is 0 Å². The Morgan fingerprint density at radius 2 is 2.00 bits per heavy atom. The van der Waals surface area contributed by atoms with Gasteiger partial charge in [-0.05, 0) is 5.92 Å². The lowest BCUT2D eigenvalue weighted by Crippen LogP contribution is -2.04. The molecule has 0 saturated heterocycles. The molecule has 0 spiro atoms. The molecule has 0 radical (unpaired) electrons. The quantitative estimate of drug-likeness (QED) is 0.670. The molecule has 0 aliphatic carbocycles. The van der Waals surface area contributed by atoms with E-state index in [-0.39, 0.29) is 5.92 Å². The fraction of sp³-hybridized carbons (Fsp3) is 0.571. The van der Waals surface area contributed by atoms with Crippen molar-refractivity contribution >= 4 is 11.3 Å². The standard InChI is InChI=1S/C7H8F3NS/c1-4(2)5-3-12-6(11-5)7(8,9)10/h3-4H,1-2H3. The highest BCUT2D eigenvalue weighted by atomic mass is 32.1. The Morgan fingerprint density at radius 3 is 2.25 bits per heavy atom. The van der Waals surface area contributed by atoms with E-state index in [2.05, 4.69) is 4.98 Å². The minimum Gasteiger partial charge on any atom is -0.237 e. The minimum absolute atomic E-state index is 0.0531. The van der Waals surface area contributed by atoms with E-state index in [9.17, 15) is 13.2 Å². The lowest BCUT2D eigenvalue weighted by molar-refractivity contribution is -0.137. The van der Waals surface area contributed by atoms with Crippen molar-refractivity contribution in [3.63, 3.8) is 0 Å². The van der Waals surface area contributed by atoms with Gasteiger partial charge in [0, 0.05) is 5.38 Å². The Hall–Kier alpha value is -0.580. The predicted octanol–water partition coefficient (Wildman–Crippen LogP) is 3.29. The van der Waals surface area contributed by atoms with Gasteiger partial charge in [0.2, 0.25) is 0 Å². The third-order valence-electron chi connectivity index (χ3n) is 1.36. The Morgan fingerprint density at radius 1 is 1.42 bits per heavy atom. The van der Waals surface area contributed by atoms with Gasteiger partial charge in [-0.1, -0.05) is 13.8 Å². The highest BCUT2D eigenvalue weighted by Gasteiger charge is 2.34. The molecule has 0 N–H and O–H groups in total. The van der Waals surface area contributed by atoms with Crippen molar-refractivity contribution in [2.45, 2.75) is 25.9 Å². The average Bonchev–Trinajstić information content (AvgIpc) is 2.30. The van der Waals surface area contributed by atoms with Crippen LogP contribution in [0, 0.1) is 0 Å². The molecule has 0 saturated carbocycles. The Labute approximate surface area is 72.2 Å². The van der Waals surface area contributed by atoms with Gasteiger partial charge in [-0.25, -0.2) is 4.98 Å². The van der Waals surface area contributed by atoms with Crippen LogP contribution in [0.25, 0.3) is 0 Å². The molecule has 0 aromatic carbocycles. The largest absolute Gasteiger partial charge is 0.443 e. The maximum Gasteiger partial charge on any atom is 0.443 e. The molecule has 0 bridgehead atoms. The molecule has 1 heterocycles. The number of aromatic nitrogens is 1. The maximum atomic E-state index is 12.0. The van der Waals surface area contributed by atoms with Crippen LogP contribution in [0.3, 0.4) is 0 Å². The van der Waals surface area contributed by atoms with Gasteiger partial charge in [-0.2, -0.15) is 13.2 Å². The first-order chi connectivity index (χ1) is 5.41. The van der Waals surface area contributed by atoms with Crippen LogP contribution in [0.1, 0.15) is 30.5 Å². The van der Waals surface area contributed by atoms with Gasteiger partial charge in [0.25, 0.3) is 0 Å². The van der Waals surface area contributed by atoms with Crippen molar-refractivity contribution in [2.24, 2.45) is 0 Å². The minimum atomic E-state index is -4.29. The number of rotatable bonds is 1. The van der Waals surface area contributed by atoms with E-state index in [0.29, 0.717) is 17.0 Å². The maximum absolute atomic E-state index is 12.0. The van der Waals surface area contributed by atoms with Gasteiger partial charge in [-0.3, -0.25) is 0 Å². The molecule has 1 aromatic rings. The highest BCUT2D eigenvalue weighted by Crippen LogP contribution is 2.32. The summed E-state index contributed by atoms with van der Waals surface area (Å²) in [5.74, 6) is 0.0531. The van der Waals surface area contributed by atoms with Gasteiger partial charge in [0.05, 0.1) is 5.69 Å². The van der Waals surface area contributed by atoms with Crippen LogP contribution in [0.4, 0.5) is 13.2 Å². The molecule has 0 atom stereocenters. The molecular formula is C7H8F3NS. The first-order valence-electron chi connectivity index (χ1n) is 3.44. The zero-order valence-electron chi connectivity index (χ0n) is 6.64. The fourth-order valence-corrected chi connectivity index (χ4v) is 1.53. The van der Waals surface area contributed by atoms with E-state index in [1.807, 2.05) is 13.8 Å². The van der Waals surface area contributed by atoms with Crippen molar-refractivity contribution in [3.8, 4) is 0 Å². The third-order valence-corrected chi connectivity index (χ3v) is 2.26. The van der Waals surface area contributed by atoms with E-state index < -0.39 is 11.2 Å². The monoisotopic (exact) mass is 195 g/mol. The summed E-state index contributed by atoms with van der Waals surface area (Å²) >= 11 is 0.649. The summed E-state index contributed by atoms with van der Waals surface area (Å²) in [7, 11) is 0. The first-order valence-corrected chi connectivity index (χ1v) is 4.32. The lowest BCUT2D eigenvalue weighted by atomic mass is 10.2. The molecular weight excluding hydrogens is 187 g/mol. The third kappa shape index (κ3) is 1.97. The van der Waals surface area contributed by atoms with E-state index in [1.165, 1.54) is 5.38 Å². The summed E-state index contributed by atoms with van der Waals surface area (Å²) in [5.41, 5.74) is 0.507. The number of hydrogen-bond acceptors (Lipinski definition) is 2. The smallest absolute Gasteiger partial charge is 0.237 e. The number of nitrogens with zero attached hydrogens (tertiary/aromatic N) is 1. The van der Waals surface area contributed by atoms with Crippen LogP contribution in [-0.2, 0) is 6.18 Å². The van der Waals surface area contributed by atoms with Crippen molar-refractivity contribution in [1.82, 2.24) is 4.98 Å². The zero-order chi connectivity index (χ0) is 9.35. The van der Waals surface area contributed by atoms with Crippen LogP contribution >= 0.6 is 11.3 Å². The topological polar surface area (TPSA) is 12.9 Å². The first kappa shape index (κ1) is 9.51. The van der Waals surface area contributed by atoms with Crippen LogP contribution in [0.15, 0.2) is 5.38 Å². The van der Waals surface area contributed by atoms with Crippen LogP contribution in [-0.4, -0.2) is 4.98 Å². The normalized spacial score (nSPS) is 12.5. The second-order valence-corrected chi connectivity index (χ2v) is 3.59. The molecule has 0 amide bonds. The summed E-state index contributed by atoms with van der Waals surface area (Å²) in [6.45, 7) is 3.63. The Bertz CT molecular complexity index is 264. The summed E-state index contributed by atoms with van der Waals surface area (Å²) in [4.78, 5) is 3.47. The second-order valence-electron chi connectivity index (χ2n) is 2.73. The van der Waals surface area contributed by atoms with Gasteiger partial charge in [0.1, 0.15) is 0 Å². The molecule has 1 rings (SSSR count). The van der Waals surface area contributed by atoms with Gasteiger partial charge in [-0.15, -0.1) is 11.3 Å². The average molecular weight is 195 g/mol. The number of hydrogen-bond donors (Lipinski definition) is 0. The predicted molar refractivity (Wildman–Crippen MR) is 41.2 cm³/mol. The molecule has 0 fully saturated rings. The highest BCUT2D eigenvalue weighted by molar-refractivity contribution is 7.09. The molecule has 0 unspecified atom stereocenters. The van der Waals surface area contributed by atoms with Crippen LogP contribution in [0.5, 0.6) is 0 Å². The lowest BCUT2D eigenvalue weighted by Gasteiger charge is -2.00. The van der Waals surface area contributed by atoms with E-state index in [0.717, 1.165) is 0 Å². The molecule has 0 aliphatic rings. The van der Waals surface area contributed by atoms with E-state index in [1.54, 1.807) is 0 Å². The van der Waals surface area contributed by atoms with Gasteiger partial charge >= 0.3 is 6.18 Å². The van der Waals surface area contributed by atoms with Gasteiger partial charge < -0.3 is 0 Å². The molecule has 68 valence electrons. The summed E-state index contributed by atoms with van der Waals surface area (Å²) in [5, 5.41) is 0.694. The SMILES string of the molecule is CC(C)c1csc(C(F)(F)F)n1. The Kier molecular flexibility index (Phi) is 2.41. The van der Waals surface area contributed by atoms with Crippen molar-refractivity contribution < 1.29 is 13.2 Å². The van der Waals surface area contributed by atoms with Crippen molar-refractivity contribution in [3.05, 3.63) is 16.1 Å². The summed E-state index contributed by atoms with van der Waals surface area (Å²) < 4.78 is 36.0. The second kappa shape index (κ2) is 3.05. The number of halogens is 3. The summed E-state index contributed by atoms with van der Waals surface area (Å²) in [6, 6.07) is 0. The van der Waals surface area contributed by atoms with E-state index in [4.69, 9.17) is 0 Å². The molecule has 0 aliphatic heterocycles. The van der Waals surface area contributed by atoms with Crippen LogP contribution < -0.4 is 0 Å². The fourth-order valence-electron chi connectivity index (χ4n) is 0.682. The Balaban J connectivity index is 2.92. The van der Waals surface area contributed by atoms with Gasteiger partial charge in [0.15, 0.2) is 5.01 Å². The molecule has 5 heteroatoms. The van der Waals surface area contributed by atoms with Crippen molar-refractivity contribution in [2.75, 3.05) is 0 Å². The van der Waals surface area contributed by atoms with Crippen LogP contribution in [0.2, 0.25) is 0 Å². The molecule has 1 nitrogen and oxygen atoms in total. The van der Waals surface area contributed by atoms with Crippen molar-refractivity contribution in [1.29, 1.82) is 0 Å². The number of alkyl halides is 3. The molecule has 1 aromatic heterocycles. The summed E-state index contributed by atoms with van der Waals surface area (Å²) in [6.07, 6.45) is -4.29. The zero-order valence-corrected chi connectivity index (χ0v) is 7.46. The molecule has 12 heavy (non-hydrogen) atoms.